The monoisotopic (exact) mass is 271 g/mol. The maximum absolute atomic E-state index is 13.5. The summed E-state index contributed by atoms with van der Waals surface area (Å²) in [6.07, 6.45) is 2.20. The molecule has 3 rings (SSSR count). The summed E-state index contributed by atoms with van der Waals surface area (Å²) in [7, 11) is 0. The zero-order valence-corrected chi connectivity index (χ0v) is 11.5. The molecule has 0 aromatic heterocycles. The van der Waals surface area contributed by atoms with Crippen molar-refractivity contribution in [2.75, 3.05) is 4.90 Å². The Morgan fingerprint density at radius 2 is 2.05 bits per heavy atom. The Hall–Kier alpha value is -2.03. The zero-order chi connectivity index (χ0) is 14.1. The summed E-state index contributed by atoms with van der Waals surface area (Å²) in [4.78, 5) is 2.31. The molecule has 20 heavy (non-hydrogen) atoms. The number of aryl methyl sites for hydroxylation is 1. The number of hydrogen-bond donors (Lipinski definition) is 1. The number of rotatable bonds is 2. The van der Waals surface area contributed by atoms with Crippen LogP contribution in [-0.4, -0.2) is 11.1 Å². The van der Waals surface area contributed by atoms with Gasteiger partial charge in [-0.1, -0.05) is 24.3 Å². The van der Waals surface area contributed by atoms with Gasteiger partial charge in [0.05, 0.1) is 0 Å². The standard InChI is InChI=1S/C17H18FNO/c1-12-6-8-14-4-2-3-5-16(14)19(12)11-13-7-9-17(20)15(18)10-13/h2-5,7,9-10,12,20H,6,8,11H2,1H3. The van der Waals surface area contributed by atoms with Crippen LogP contribution in [0.2, 0.25) is 0 Å². The average Bonchev–Trinajstić information content (AvgIpc) is 2.46. The quantitative estimate of drug-likeness (QED) is 0.896. The minimum absolute atomic E-state index is 0.291. The van der Waals surface area contributed by atoms with Gasteiger partial charge in [-0.15, -0.1) is 0 Å². The van der Waals surface area contributed by atoms with Crippen LogP contribution in [-0.2, 0) is 13.0 Å². The molecule has 1 heterocycles. The van der Waals surface area contributed by atoms with Crippen LogP contribution in [0.5, 0.6) is 5.75 Å². The van der Waals surface area contributed by atoms with Crippen molar-refractivity contribution in [2.45, 2.75) is 32.4 Å². The van der Waals surface area contributed by atoms with Gasteiger partial charge in [0.1, 0.15) is 0 Å². The Morgan fingerprint density at radius 3 is 2.85 bits per heavy atom. The molecular formula is C17H18FNO. The second kappa shape index (κ2) is 5.16. The molecule has 0 fully saturated rings. The van der Waals surface area contributed by atoms with Crippen LogP contribution in [0.1, 0.15) is 24.5 Å². The average molecular weight is 271 g/mol. The van der Waals surface area contributed by atoms with Crippen LogP contribution in [0.3, 0.4) is 0 Å². The summed E-state index contributed by atoms with van der Waals surface area (Å²) in [5, 5.41) is 9.27. The van der Waals surface area contributed by atoms with Gasteiger partial charge in [-0.2, -0.15) is 0 Å². The summed E-state index contributed by atoms with van der Waals surface area (Å²) >= 11 is 0. The third-order valence-electron chi connectivity index (χ3n) is 4.03. The van der Waals surface area contributed by atoms with Gasteiger partial charge in [0.15, 0.2) is 11.6 Å². The highest BCUT2D eigenvalue weighted by molar-refractivity contribution is 5.56. The van der Waals surface area contributed by atoms with Crippen molar-refractivity contribution in [3.05, 3.63) is 59.4 Å². The highest BCUT2D eigenvalue weighted by Crippen LogP contribution is 2.32. The molecule has 0 spiro atoms. The van der Waals surface area contributed by atoms with E-state index in [1.165, 1.54) is 23.4 Å². The second-order valence-corrected chi connectivity index (χ2v) is 5.43. The van der Waals surface area contributed by atoms with Gasteiger partial charge in [0, 0.05) is 18.3 Å². The van der Waals surface area contributed by atoms with Crippen LogP contribution in [0, 0.1) is 5.82 Å². The van der Waals surface area contributed by atoms with Crippen molar-refractivity contribution in [1.29, 1.82) is 0 Å². The number of nitrogens with zero attached hydrogens (tertiary/aromatic N) is 1. The van der Waals surface area contributed by atoms with E-state index in [0.717, 1.165) is 18.4 Å². The third-order valence-corrected chi connectivity index (χ3v) is 4.03. The van der Waals surface area contributed by atoms with Crippen LogP contribution in [0.15, 0.2) is 42.5 Å². The van der Waals surface area contributed by atoms with Gasteiger partial charge in [0.2, 0.25) is 0 Å². The normalized spacial score (nSPS) is 17.9. The molecule has 1 unspecified atom stereocenters. The lowest BCUT2D eigenvalue weighted by Gasteiger charge is -2.37. The molecule has 0 aliphatic carbocycles. The molecule has 0 radical (unpaired) electrons. The van der Waals surface area contributed by atoms with Gasteiger partial charge < -0.3 is 10.0 Å². The fourth-order valence-corrected chi connectivity index (χ4v) is 2.85. The molecule has 1 N–H and O–H groups in total. The van der Waals surface area contributed by atoms with Gasteiger partial charge in [0.25, 0.3) is 0 Å². The molecule has 3 heteroatoms. The third kappa shape index (κ3) is 2.36. The van der Waals surface area contributed by atoms with E-state index in [2.05, 4.69) is 30.0 Å². The first kappa shape index (κ1) is 13.0. The highest BCUT2D eigenvalue weighted by Gasteiger charge is 2.22. The SMILES string of the molecule is CC1CCc2ccccc2N1Cc1ccc(O)c(F)c1. The van der Waals surface area contributed by atoms with Gasteiger partial charge >= 0.3 is 0 Å². The lowest BCUT2D eigenvalue weighted by atomic mass is 9.96. The van der Waals surface area contributed by atoms with Crippen molar-refractivity contribution < 1.29 is 9.50 Å². The molecule has 2 aromatic rings. The van der Waals surface area contributed by atoms with E-state index >= 15 is 0 Å². The molecule has 0 saturated carbocycles. The number of anilines is 1. The van der Waals surface area contributed by atoms with Crippen LogP contribution < -0.4 is 4.90 Å². The number of hydrogen-bond acceptors (Lipinski definition) is 2. The maximum Gasteiger partial charge on any atom is 0.165 e. The fourth-order valence-electron chi connectivity index (χ4n) is 2.85. The second-order valence-electron chi connectivity index (χ2n) is 5.43. The Labute approximate surface area is 118 Å². The largest absolute Gasteiger partial charge is 0.505 e. The van der Waals surface area contributed by atoms with Crippen LogP contribution >= 0.6 is 0 Å². The summed E-state index contributed by atoms with van der Waals surface area (Å²) < 4.78 is 13.5. The Kier molecular flexibility index (Phi) is 3.35. The summed E-state index contributed by atoms with van der Waals surface area (Å²) in [5.74, 6) is -0.846. The summed E-state index contributed by atoms with van der Waals surface area (Å²) in [6.45, 7) is 2.86. The first-order valence-electron chi connectivity index (χ1n) is 6.97. The van der Waals surface area contributed by atoms with E-state index in [1.54, 1.807) is 6.07 Å². The number of benzene rings is 2. The summed E-state index contributed by atoms with van der Waals surface area (Å²) in [5.41, 5.74) is 3.47. The van der Waals surface area contributed by atoms with Crippen molar-refractivity contribution in [1.82, 2.24) is 0 Å². The minimum Gasteiger partial charge on any atom is -0.505 e. The molecule has 104 valence electrons. The van der Waals surface area contributed by atoms with E-state index in [1.807, 2.05) is 6.07 Å². The van der Waals surface area contributed by atoms with Crippen LogP contribution in [0.25, 0.3) is 0 Å². The van der Waals surface area contributed by atoms with Gasteiger partial charge in [-0.25, -0.2) is 4.39 Å². The number of phenolic OH excluding ortho intramolecular Hbond substituents is 1. The Morgan fingerprint density at radius 1 is 1.25 bits per heavy atom. The topological polar surface area (TPSA) is 23.5 Å². The number of phenols is 1. The van der Waals surface area contributed by atoms with Crippen molar-refractivity contribution >= 4 is 5.69 Å². The lowest BCUT2D eigenvalue weighted by Crippen LogP contribution is -2.36. The predicted molar refractivity (Wildman–Crippen MR) is 78.5 cm³/mol. The van der Waals surface area contributed by atoms with E-state index < -0.39 is 5.82 Å². The first-order chi connectivity index (χ1) is 9.65. The molecule has 1 atom stereocenters. The van der Waals surface area contributed by atoms with Crippen LogP contribution in [0.4, 0.5) is 10.1 Å². The fraction of sp³-hybridized carbons (Fsp3) is 0.294. The summed E-state index contributed by atoms with van der Waals surface area (Å²) in [6, 6.07) is 13.4. The number of aromatic hydroxyl groups is 1. The van der Waals surface area contributed by atoms with Gasteiger partial charge in [-0.3, -0.25) is 0 Å². The zero-order valence-electron chi connectivity index (χ0n) is 11.5. The van der Waals surface area contributed by atoms with Crippen molar-refractivity contribution in [3.8, 4) is 5.75 Å². The molecule has 2 aromatic carbocycles. The molecular weight excluding hydrogens is 253 g/mol. The number of halogens is 1. The van der Waals surface area contributed by atoms with E-state index in [4.69, 9.17) is 0 Å². The maximum atomic E-state index is 13.5. The minimum atomic E-state index is -0.555. The molecule has 1 aliphatic heterocycles. The Balaban J connectivity index is 1.91. The first-order valence-corrected chi connectivity index (χ1v) is 6.97. The smallest absolute Gasteiger partial charge is 0.165 e. The van der Waals surface area contributed by atoms with Crippen molar-refractivity contribution in [3.63, 3.8) is 0 Å². The Bertz CT molecular complexity index is 626. The number of para-hydroxylation sites is 1. The van der Waals surface area contributed by atoms with Gasteiger partial charge in [-0.05, 0) is 49.1 Å². The number of fused-ring (bicyclic) bond motifs is 1. The van der Waals surface area contributed by atoms with E-state index in [9.17, 15) is 9.50 Å². The molecule has 0 saturated heterocycles. The van der Waals surface area contributed by atoms with E-state index in [-0.39, 0.29) is 5.75 Å². The molecule has 1 aliphatic rings. The predicted octanol–water partition coefficient (Wildman–Crippen LogP) is 3.87. The molecule has 2 nitrogen and oxygen atoms in total. The molecule has 0 amide bonds. The molecule has 0 bridgehead atoms. The lowest BCUT2D eigenvalue weighted by molar-refractivity contribution is 0.431. The highest BCUT2D eigenvalue weighted by atomic mass is 19.1. The van der Waals surface area contributed by atoms with E-state index in [0.29, 0.717) is 12.6 Å². The van der Waals surface area contributed by atoms with Crippen molar-refractivity contribution in [2.24, 2.45) is 0 Å².